The Kier molecular flexibility index (Phi) is 7.29. The predicted octanol–water partition coefficient (Wildman–Crippen LogP) is -0.112. The lowest BCUT2D eigenvalue weighted by molar-refractivity contribution is -0.124. The molecule has 0 aliphatic rings. The summed E-state index contributed by atoms with van der Waals surface area (Å²) < 4.78 is 5.07. The summed E-state index contributed by atoms with van der Waals surface area (Å²) in [5.41, 5.74) is -0.208. The van der Waals surface area contributed by atoms with Gasteiger partial charge >= 0.3 is 0 Å². The second-order valence-electron chi connectivity index (χ2n) is 4.75. The lowest BCUT2D eigenvalue weighted by Gasteiger charge is -2.23. The average molecular weight is 232 g/mol. The molecule has 0 aromatic heterocycles. The van der Waals surface area contributed by atoms with Crippen molar-refractivity contribution in [3.63, 3.8) is 0 Å². The minimum Gasteiger partial charge on any atom is -0.394 e. The van der Waals surface area contributed by atoms with E-state index < -0.39 is 0 Å². The molecule has 96 valence electrons. The molecule has 0 saturated carbocycles. The van der Waals surface area contributed by atoms with Crippen molar-refractivity contribution in [2.24, 2.45) is 0 Å². The van der Waals surface area contributed by atoms with Crippen LogP contribution in [-0.2, 0) is 9.53 Å². The van der Waals surface area contributed by atoms with Crippen molar-refractivity contribution in [1.82, 2.24) is 10.6 Å². The van der Waals surface area contributed by atoms with Gasteiger partial charge in [0.1, 0.15) is 0 Å². The van der Waals surface area contributed by atoms with Crippen LogP contribution in [0.15, 0.2) is 0 Å². The number of hydrogen-bond acceptors (Lipinski definition) is 4. The fourth-order valence-electron chi connectivity index (χ4n) is 1.08. The third kappa shape index (κ3) is 8.64. The average Bonchev–Trinajstić information content (AvgIpc) is 2.14. The zero-order chi connectivity index (χ0) is 12.6. The molecule has 0 saturated heterocycles. The van der Waals surface area contributed by atoms with Crippen molar-refractivity contribution in [1.29, 1.82) is 0 Å². The topological polar surface area (TPSA) is 70.6 Å². The fourth-order valence-corrected chi connectivity index (χ4v) is 1.08. The predicted molar refractivity (Wildman–Crippen MR) is 63.3 cm³/mol. The Morgan fingerprint density at radius 3 is 2.50 bits per heavy atom. The number of rotatable bonds is 7. The maximum atomic E-state index is 11.6. The maximum Gasteiger partial charge on any atom is 0.237 e. The highest BCUT2D eigenvalue weighted by molar-refractivity contribution is 5.81. The van der Waals surface area contributed by atoms with Crippen LogP contribution in [0.2, 0.25) is 0 Å². The van der Waals surface area contributed by atoms with Crippen LogP contribution in [0.1, 0.15) is 27.7 Å². The van der Waals surface area contributed by atoms with Crippen molar-refractivity contribution in [3.8, 4) is 0 Å². The van der Waals surface area contributed by atoms with Crippen LogP contribution in [0.5, 0.6) is 0 Å². The van der Waals surface area contributed by atoms with Gasteiger partial charge in [-0.1, -0.05) is 0 Å². The first-order chi connectivity index (χ1) is 7.37. The Hall–Kier alpha value is -0.650. The second-order valence-corrected chi connectivity index (χ2v) is 4.75. The number of carbonyl (C=O) groups is 1. The molecular formula is C11H24N2O3. The second kappa shape index (κ2) is 7.60. The van der Waals surface area contributed by atoms with E-state index in [2.05, 4.69) is 10.6 Å². The molecule has 3 N–H and O–H groups in total. The molecule has 0 aromatic rings. The summed E-state index contributed by atoms with van der Waals surface area (Å²) in [4.78, 5) is 11.6. The van der Waals surface area contributed by atoms with Gasteiger partial charge in [-0.25, -0.2) is 0 Å². The molecule has 0 heterocycles. The van der Waals surface area contributed by atoms with Gasteiger partial charge in [0, 0.05) is 12.1 Å². The van der Waals surface area contributed by atoms with Gasteiger partial charge in [0.05, 0.1) is 25.9 Å². The van der Waals surface area contributed by atoms with E-state index in [4.69, 9.17) is 9.84 Å². The molecule has 16 heavy (non-hydrogen) atoms. The highest BCUT2D eigenvalue weighted by Gasteiger charge is 2.18. The van der Waals surface area contributed by atoms with Gasteiger partial charge in [-0.05, 0) is 27.7 Å². The Morgan fingerprint density at radius 2 is 2.00 bits per heavy atom. The fraction of sp³-hybridized carbons (Fsp3) is 0.909. The van der Waals surface area contributed by atoms with Gasteiger partial charge in [-0.3, -0.25) is 4.79 Å². The monoisotopic (exact) mass is 232 g/mol. The summed E-state index contributed by atoms with van der Waals surface area (Å²) >= 11 is 0. The normalized spacial score (nSPS) is 13.6. The van der Waals surface area contributed by atoms with E-state index in [1.54, 1.807) is 0 Å². The van der Waals surface area contributed by atoms with Crippen LogP contribution in [0.25, 0.3) is 0 Å². The molecule has 0 aromatic carbocycles. The first-order valence-corrected chi connectivity index (χ1v) is 5.61. The van der Waals surface area contributed by atoms with Crippen molar-refractivity contribution in [2.45, 2.75) is 39.3 Å². The molecule has 0 rings (SSSR count). The highest BCUT2D eigenvalue weighted by Crippen LogP contribution is 1.99. The lowest BCUT2D eigenvalue weighted by Crippen LogP contribution is -2.50. The van der Waals surface area contributed by atoms with Gasteiger partial charge in [0.15, 0.2) is 0 Å². The van der Waals surface area contributed by atoms with E-state index in [1.165, 1.54) is 0 Å². The molecule has 0 fully saturated rings. The number of aliphatic hydroxyl groups excluding tert-OH is 1. The Morgan fingerprint density at radius 1 is 1.38 bits per heavy atom. The molecule has 1 atom stereocenters. The summed E-state index contributed by atoms with van der Waals surface area (Å²) in [5.74, 6) is -0.0188. The minimum absolute atomic E-state index is 0.0188. The van der Waals surface area contributed by atoms with Gasteiger partial charge in [-0.15, -0.1) is 0 Å². The van der Waals surface area contributed by atoms with Crippen LogP contribution in [0, 0.1) is 0 Å². The molecule has 0 spiro atoms. The molecule has 0 bridgehead atoms. The SMILES string of the molecule is CC(NCCOCCO)C(=O)NC(C)(C)C. The number of aliphatic hydroxyl groups is 1. The number of amides is 1. The molecule has 0 aliphatic carbocycles. The summed E-state index contributed by atoms with van der Waals surface area (Å²) in [7, 11) is 0. The number of carbonyl (C=O) groups excluding carboxylic acids is 1. The van der Waals surface area contributed by atoms with E-state index in [0.717, 1.165) is 0 Å². The lowest BCUT2D eigenvalue weighted by atomic mass is 10.1. The maximum absolute atomic E-state index is 11.6. The Bertz CT molecular complexity index is 202. The first kappa shape index (κ1) is 15.3. The van der Waals surface area contributed by atoms with Crippen LogP contribution in [0.4, 0.5) is 0 Å². The standard InChI is InChI=1S/C11H24N2O3/c1-9(10(15)13-11(2,3)4)12-5-7-16-8-6-14/h9,12,14H,5-8H2,1-4H3,(H,13,15). The third-order valence-electron chi connectivity index (χ3n) is 1.82. The van der Waals surface area contributed by atoms with Crippen LogP contribution in [0.3, 0.4) is 0 Å². The van der Waals surface area contributed by atoms with Crippen molar-refractivity contribution in [2.75, 3.05) is 26.4 Å². The quantitative estimate of drug-likeness (QED) is 0.536. The molecule has 0 aliphatic heterocycles. The van der Waals surface area contributed by atoms with Gasteiger partial charge < -0.3 is 20.5 Å². The van der Waals surface area contributed by atoms with Crippen molar-refractivity contribution >= 4 is 5.91 Å². The zero-order valence-electron chi connectivity index (χ0n) is 10.7. The molecule has 1 unspecified atom stereocenters. The van der Waals surface area contributed by atoms with Gasteiger partial charge in [0.25, 0.3) is 0 Å². The Labute approximate surface area is 97.6 Å². The molecule has 0 radical (unpaired) electrons. The Balaban J connectivity index is 3.64. The van der Waals surface area contributed by atoms with Crippen LogP contribution < -0.4 is 10.6 Å². The summed E-state index contributed by atoms with van der Waals surface area (Å²) in [6.45, 7) is 9.11. The van der Waals surface area contributed by atoms with Gasteiger partial charge in [-0.2, -0.15) is 0 Å². The molecule has 5 heteroatoms. The van der Waals surface area contributed by atoms with E-state index in [0.29, 0.717) is 19.8 Å². The number of hydrogen-bond donors (Lipinski definition) is 3. The first-order valence-electron chi connectivity index (χ1n) is 5.61. The number of ether oxygens (including phenoxy) is 1. The smallest absolute Gasteiger partial charge is 0.237 e. The summed E-state index contributed by atoms with van der Waals surface area (Å²) in [6.07, 6.45) is 0. The van der Waals surface area contributed by atoms with E-state index in [9.17, 15) is 4.79 Å². The summed E-state index contributed by atoms with van der Waals surface area (Å²) in [5, 5.41) is 14.4. The van der Waals surface area contributed by atoms with Crippen LogP contribution in [-0.4, -0.2) is 49.0 Å². The minimum atomic E-state index is -0.239. The molecular weight excluding hydrogens is 208 g/mol. The van der Waals surface area contributed by atoms with Crippen LogP contribution >= 0.6 is 0 Å². The highest BCUT2D eigenvalue weighted by atomic mass is 16.5. The van der Waals surface area contributed by atoms with Gasteiger partial charge in [0.2, 0.25) is 5.91 Å². The van der Waals surface area contributed by atoms with E-state index in [1.807, 2.05) is 27.7 Å². The molecule has 5 nitrogen and oxygen atoms in total. The third-order valence-corrected chi connectivity index (χ3v) is 1.82. The number of nitrogens with one attached hydrogen (secondary N) is 2. The largest absolute Gasteiger partial charge is 0.394 e. The summed E-state index contributed by atoms with van der Waals surface area (Å²) in [6, 6.07) is -0.239. The van der Waals surface area contributed by atoms with E-state index in [-0.39, 0.29) is 24.1 Å². The molecule has 1 amide bonds. The van der Waals surface area contributed by atoms with Crippen molar-refractivity contribution < 1.29 is 14.6 Å². The van der Waals surface area contributed by atoms with Crippen molar-refractivity contribution in [3.05, 3.63) is 0 Å². The zero-order valence-corrected chi connectivity index (χ0v) is 10.7. The van der Waals surface area contributed by atoms with E-state index >= 15 is 0 Å².